The third kappa shape index (κ3) is 4.04. The molecule has 1 saturated carbocycles. The molecule has 2 heterocycles. The Bertz CT molecular complexity index is 954. The van der Waals surface area contributed by atoms with Crippen molar-refractivity contribution in [3.05, 3.63) is 35.4 Å². The van der Waals surface area contributed by atoms with Gasteiger partial charge in [0, 0.05) is 25.2 Å². The summed E-state index contributed by atoms with van der Waals surface area (Å²) in [7, 11) is 0. The Balaban J connectivity index is 1.33. The minimum atomic E-state index is -0.923. The zero-order valence-electron chi connectivity index (χ0n) is 18.0. The normalized spacial score (nSPS) is 20.8. The number of nitrogens with one attached hydrogen (secondary N) is 3. The van der Waals surface area contributed by atoms with Crippen molar-refractivity contribution >= 4 is 29.7 Å². The summed E-state index contributed by atoms with van der Waals surface area (Å²) in [6.45, 7) is 2.67. The quantitative estimate of drug-likeness (QED) is 0.560. The Morgan fingerprint density at radius 2 is 1.81 bits per heavy atom. The van der Waals surface area contributed by atoms with Gasteiger partial charge < -0.3 is 20.9 Å². The smallest absolute Gasteiger partial charge is 0.325 e. The van der Waals surface area contributed by atoms with Gasteiger partial charge in [0.05, 0.1) is 6.54 Å². The average molecular weight is 441 g/mol. The molecule has 3 aliphatic rings. The molecule has 170 valence electrons. The molecular weight excluding hydrogens is 414 g/mol. The molecule has 10 heteroatoms. The second kappa shape index (κ2) is 8.60. The molecule has 1 spiro atoms. The zero-order chi connectivity index (χ0) is 22.9. The lowest BCUT2D eigenvalue weighted by Crippen LogP contribution is -2.50. The summed E-state index contributed by atoms with van der Waals surface area (Å²) in [6.07, 6.45) is 2.97. The monoisotopic (exact) mass is 441 g/mol. The van der Waals surface area contributed by atoms with Crippen LogP contribution in [0.2, 0.25) is 0 Å². The minimum Gasteiger partial charge on any atom is -0.353 e. The van der Waals surface area contributed by atoms with Crippen LogP contribution in [0.15, 0.2) is 24.3 Å². The van der Waals surface area contributed by atoms with Gasteiger partial charge >= 0.3 is 6.03 Å². The first kappa shape index (κ1) is 21.8. The van der Waals surface area contributed by atoms with Gasteiger partial charge in [-0.2, -0.15) is 0 Å². The Morgan fingerprint density at radius 1 is 1.12 bits per heavy atom. The highest BCUT2D eigenvalue weighted by molar-refractivity contribution is 6.10. The van der Waals surface area contributed by atoms with Gasteiger partial charge in [0.2, 0.25) is 11.8 Å². The first-order valence-electron chi connectivity index (χ1n) is 10.9. The number of imide groups is 1. The maximum Gasteiger partial charge on any atom is 0.325 e. The van der Waals surface area contributed by atoms with Gasteiger partial charge in [-0.15, -0.1) is 0 Å². The van der Waals surface area contributed by atoms with E-state index in [0.29, 0.717) is 31.5 Å². The van der Waals surface area contributed by atoms with E-state index in [9.17, 15) is 24.0 Å². The van der Waals surface area contributed by atoms with Crippen LogP contribution in [0.1, 0.15) is 48.5 Å². The van der Waals surface area contributed by atoms with Crippen molar-refractivity contribution < 1.29 is 24.0 Å². The molecule has 3 N–H and O–H groups in total. The number of benzene rings is 1. The number of hydrogen-bond acceptors (Lipinski definition) is 5. The van der Waals surface area contributed by atoms with Crippen LogP contribution in [0.25, 0.3) is 0 Å². The predicted molar refractivity (Wildman–Crippen MR) is 113 cm³/mol. The van der Waals surface area contributed by atoms with E-state index in [4.69, 9.17) is 0 Å². The minimum absolute atomic E-state index is 0.0403. The van der Waals surface area contributed by atoms with Gasteiger partial charge in [-0.05, 0) is 37.5 Å². The van der Waals surface area contributed by atoms with Crippen LogP contribution in [-0.2, 0) is 20.9 Å². The lowest BCUT2D eigenvalue weighted by atomic mass is 9.97. The Labute approximate surface area is 185 Å². The fourth-order valence-electron chi connectivity index (χ4n) is 4.52. The summed E-state index contributed by atoms with van der Waals surface area (Å²) in [5, 5.41) is 8.22. The second-order valence-electron chi connectivity index (χ2n) is 8.56. The molecule has 0 radical (unpaired) electrons. The summed E-state index contributed by atoms with van der Waals surface area (Å²) in [6, 6.07) is 5.32. The molecular formula is C22H27N5O5. The standard InChI is InChI=1S/C22H27N5O5/c1-14(27-20(31)22(25-21(27)32)8-2-3-9-22)18(29)24-12-15-4-6-16(7-5-15)19(30)26-11-10-23-17(28)13-26/h4-7,14H,2-3,8-13H2,1H3,(H,23,28)(H,24,29)(H,25,32). The molecule has 1 aliphatic carbocycles. The lowest BCUT2D eigenvalue weighted by molar-refractivity contribution is -0.137. The van der Waals surface area contributed by atoms with E-state index in [-0.39, 0.29) is 30.8 Å². The highest BCUT2D eigenvalue weighted by atomic mass is 16.2. The highest BCUT2D eigenvalue weighted by Gasteiger charge is 2.54. The molecule has 1 aromatic rings. The van der Waals surface area contributed by atoms with E-state index in [0.717, 1.165) is 23.3 Å². The number of nitrogens with zero attached hydrogens (tertiary/aromatic N) is 2. The van der Waals surface area contributed by atoms with E-state index >= 15 is 0 Å². The fraction of sp³-hybridized carbons (Fsp3) is 0.500. The SMILES string of the molecule is CC(C(=O)NCc1ccc(C(=O)N2CCNC(=O)C2)cc1)N1C(=O)NC2(CCCC2)C1=O. The lowest BCUT2D eigenvalue weighted by Gasteiger charge is -2.26. The maximum atomic E-state index is 12.8. The summed E-state index contributed by atoms with van der Waals surface area (Å²) < 4.78 is 0. The van der Waals surface area contributed by atoms with Crippen molar-refractivity contribution in [2.24, 2.45) is 0 Å². The van der Waals surface area contributed by atoms with Gasteiger partial charge in [-0.25, -0.2) is 9.69 Å². The maximum absolute atomic E-state index is 12.8. The number of hydrogen-bond donors (Lipinski definition) is 3. The van der Waals surface area contributed by atoms with Crippen molar-refractivity contribution in [2.45, 2.75) is 50.7 Å². The van der Waals surface area contributed by atoms with Gasteiger partial charge in [0.25, 0.3) is 11.8 Å². The topological polar surface area (TPSA) is 128 Å². The van der Waals surface area contributed by atoms with Crippen LogP contribution in [-0.4, -0.2) is 70.7 Å². The molecule has 2 saturated heterocycles. The number of carbonyl (C=O) groups excluding carboxylic acids is 5. The van der Waals surface area contributed by atoms with Crippen molar-refractivity contribution in [2.75, 3.05) is 19.6 Å². The molecule has 10 nitrogen and oxygen atoms in total. The zero-order valence-corrected chi connectivity index (χ0v) is 18.0. The molecule has 0 aromatic heterocycles. The van der Waals surface area contributed by atoms with Crippen LogP contribution in [0.3, 0.4) is 0 Å². The van der Waals surface area contributed by atoms with E-state index < -0.39 is 23.5 Å². The molecule has 2 aliphatic heterocycles. The van der Waals surface area contributed by atoms with E-state index in [1.807, 2.05) is 0 Å². The first-order valence-corrected chi connectivity index (χ1v) is 10.9. The number of carbonyl (C=O) groups is 5. The van der Waals surface area contributed by atoms with Gasteiger partial charge in [0.1, 0.15) is 11.6 Å². The number of amides is 6. The van der Waals surface area contributed by atoms with Gasteiger partial charge in [-0.3, -0.25) is 19.2 Å². The first-order chi connectivity index (χ1) is 15.3. The van der Waals surface area contributed by atoms with Crippen molar-refractivity contribution in [1.82, 2.24) is 25.8 Å². The fourth-order valence-corrected chi connectivity index (χ4v) is 4.52. The third-order valence-corrected chi connectivity index (χ3v) is 6.41. The van der Waals surface area contributed by atoms with Crippen LogP contribution in [0.5, 0.6) is 0 Å². The van der Waals surface area contributed by atoms with Gasteiger partial charge in [-0.1, -0.05) is 25.0 Å². The molecule has 6 amide bonds. The summed E-state index contributed by atoms with van der Waals surface area (Å²) in [5.74, 6) is -1.15. The molecule has 1 aromatic carbocycles. The average Bonchev–Trinajstić information content (AvgIpc) is 3.35. The van der Waals surface area contributed by atoms with E-state index in [2.05, 4.69) is 16.0 Å². The van der Waals surface area contributed by atoms with E-state index in [1.54, 1.807) is 24.3 Å². The Morgan fingerprint density at radius 3 is 2.47 bits per heavy atom. The largest absolute Gasteiger partial charge is 0.353 e. The second-order valence-corrected chi connectivity index (χ2v) is 8.56. The molecule has 32 heavy (non-hydrogen) atoms. The van der Waals surface area contributed by atoms with Crippen molar-refractivity contribution in [1.29, 1.82) is 0 Å². The molecule has 1 atom stereocenters. The Kier molecular flexibility index (Phi) is 5.86. The molecule has 4 rings (SSSR count). The summed E-state index contributed by atoms with van der Waals surface area (Å²) >= 11 is 0. The summed E-state index contributed by atoms with van der Waals surface area (Å²) in [5.41, 5.74) is 0.385. The molecule has 1 unspecified atom stereocenters. The predicted octanol–water partition coefficient (Wildman–Crippen LogP) is 0.128. The van der Waals surface area contributed by atoms with E-state index in [1.165, 1.54) is 11.8 Å². The number of piperazine rings is 1. The molecule has 0 bridgehead atoms. The third-order valence-electron chi connectivity index (χ3n) is 6.41. The van der Waals surface area contributed by atoms with Crippen LogP contribution >= 0.6 is 0 Å². The molecule has 3 fully saturated rings. The van der Waals surface area contributed by atoms with Crippen molar-refractivity contribution in [3.63, 3.8) is 0 Å². The Hall–Kier alpha value is -3.43. The van der Waals surface area contributed by atoms with Crippen LogP contribution < -0.4 is 16.0 Å². The summed E-state index contributed by atoms with van der Waals surface area (Å²) in [4.78, 5) is 64.3. The number of urea groups is 1. The number of rotatable bonds is 5. The highest BCUT2D eigenvalue weighted by Crippen LogP contribution is 2.35. The van der Waals surface area contributed by atoms with Gasteiger partial charge in [0.15, 0.2) is 0 Å². The van der Waals surface area contributed by atoms with Crippen LogP contribution in [0.4, 0.5) is 4.79 Å². The van der Waals surface area contributed by atoms with Crippen molar-refractivity contribution in [3.8, 4) is 0 Å². The van der Waals surface area contributed by atoms with Crippen LogP contribution in [0, 0.1) is 0 Å².